The van der Waals surface area contributed by atoms with E-state index in [-0.39, 0.29) is 42.7 Å². The number of hydrogen-bond acceptors (Lipinski definition) is 7. The third-order valence-electron chi connectivity index (χ3n) is 13.9. The number of aliphatic carboxylic acids is 1. The summed E-state index contributed by atoms with van der Waals surface area (Å²) >= 11 is 0. The number of carboxylic acid groups (broad SMARTS) is 1. The molecule has 0 saturated carbocycles. The molecule has 8 heteroatoms. The maximum atomic E-state index is 12.8. The first-order chi connectivity index (χ1) is 33.1. The van der Waals surface area contributed by atoms with Gasteiger partial charge >= 0.3 is 11.9 Å². The van der Waals surface area contributed by atoms with Gasteiger partial charge in [0.25, 0.3) is 0 Å². The van der Waals surface area contributed by atoms with Crippen LogP contribution in [0.25, 0.3) is 0 Å². The highest BCUT2D eigenvalue weighted by Crippen LogP contribution is 2.18. The molecule has 0 aromatic carbocycles. The number of hydrogen-bond donors (Lipinski definition) is 0. The second kappa shape index (κ2) is 51.4. The Morgan fingerprint density at radius 2 is 0.735 bits per heavy atom. The van der Waals surface area contributed by atoms with Gasteiger partial charge in [-0.2, -0.15) is 0 Å². The first-order valence-electron chi connectivity index (χ1n) is 29.7. The van der Waals surface area contributed by atoms with E-state index in [2.05, 4.69) is 26.0 Å². The Morgan fingerprint density at radius 1 is 0.426 bits per heavy atom. The predicted molar refractivity (Wildman–Crippen MR) is 287 cm³/mol. The van der Waals surface area contributed by atoms with Crippen LogP contribution in [0.15, 0.2) is 12.2 Å². The van der Waals surface area contributed by atoms with Crippen molar-refractivity contribution in [2.45, 2.75) is 315 Å². The predicted octanol–water partition coefficient (Wildman–Crippen LogP) is 16.4. The zero-order chi connectivity index (χ0) is 49.9. The Bertz CT molecular complexity index is 1120. The number of likely N-dealkylation sites (N-methyl/N-ethyl adjacent to an activating group) is 1. The quantitative estimate of drug-likeness (QED) is 0.0259. The van der Waals surface area contributed by atoms with Crippen LogP contribution in [-0.2, 0) is 28.6 Å². The molecule has 0 aliphatic carbocycles. The lowest BCUT2D eigenvalue weighted by molar-refractivity contribution is -0.889. The average Bonchev–Trinajstić information content (AvgIpc) is 3.30. The lowest BCUT2D eigenvalue weighted by atomic mass is 10.0. The number of esters is 2. The average molecular weight is 963 g/mol. The van der Waals surface area contributed by atoms with E-state index in [1.165, 1.54) is 231 Å². The Kier molecular flexibility index (Phi) is 50.0. The van der Waals surface area contributed by atoms with Gasteiger partial charge in [-0.15, -0.1) is 0 Å². The maximum Gasteiger partial charge on any atom is 0.306 e. The van der Waals surface area contributed by atoms with E-state index >= 15 is 0 Å². The van der Waals surface area contributed by atoms with Gasteiger partial charge in [-0.1, -0.05) is 257 Å². The van der Waals surface area contributed by atoms with Gasteiger partial charge in [-0.3, -0.25) is 9.59 Å². The van der Waals surface area contributed by atoms with Crippen molar-refractivity contribution in [3.05, 3.63) is 12.2 Å². The zero-order valence-electron chi connectivity index (χ0n) is 46.1. The standard InChI is InChI=1S/C60H115NO7/c1-6-8-10-12-14-16-18-20-22-24-26-28-29-31-32-34-36-38-40-42-44-46-48-50-58(62)67-55-56(54-66-53-52-57(60(64)65)61(3,4)5)68-59(63)51-49-47-45-43-41-39-37-35-33-30-27-25-23-21-19-17-15-13-11-9-7-2/h30,33,56-57H,6-29,31-32,34-55H2,1-5H3/b33-30+. The van der Waals surface area contributed by atoms with E-state index in [1.54, 1.807) is 0 Å². The summed E-state index contributed by atoms with van der Waals surface area (Å²) in [6.07, 6.45) is 59.7. The van der Waals surface area contributed by atoms with Crippen molar-refractivity contribution in [3.63, 3.8) is 0 Å². The molecule has 68 heavy (non-hydrogen) atoms. The first kappa shape index (κ1) is 66.1. The molecule has 0 fully saturated rings. The molecular formula is C60H115NO7. The van der Waals surface area contributed by atoms with Crippen molar-refractivity contribution in [1.29, 1.82) is 0 Å². The topological polar surface area (TPSA) is 102 Å². The van der Waals surface area contributed by atoms with Gasteiger partial charge in [-0.25, -0.2) is 0 Å². The Hall–Kier alpha value is -1.93. The van der Waals surface area contributed by atoms with Crippen LogP contribution in [0.2, 0.25) is 0 Å². The summed E-state index contributed by atoms with van der Waals surface area (Å²) in [5.41, 5.74) is 0. The highest BCUT2D eigenvalue weighted by Gasteiger charge is 2.25. The number of carboxylic acids is 1. The number of rotatable bonds is 55. The summed E-state index contributed by atoms with van der Waals surface area (Å²) < 4.78 is 17.3. The Labute approximate surface area is 422 Å². The molecule has 0 aromatic heterocycles. The molecule has 0 heterocycles. The van der Waals surface area contributed by atoms with Crippen molar-refractivity contribution < 1.29 is 38.2 Å². The monoisotopic (exact) mass is 962 g/mol. The van der Waals surface area contributed by atoms with Crippen molar-refractivity contribution in [2.75, 3.05) is 41.0 Å². The van der Waals surface area contributed by atoms with E-state index in [4.69, 9.17) is 14.2 Å². The molecule has 2 atom stereocenters. The van der Waals surface area contributed by atoms with E-state index in [0.29, 0.717) is 12.8 Å². The molecule has 0 amide bonds. The molecule has 0 spiro atoms. The molecule has 0 saturated heterocycles. The number of unbranched alkanes of at least 4 members (excludes halogenated alkanes) is 39. The molecule has 8 nitrogen and oxygen atoms in total. The van der Waals surface area contributed by atoms with Crippen molar-refractivity contribution in [3.8, 4) is 0 Å². The molecule has 0 radical (unpaired) electrons. The Balaban J connectivity index is 4.11. The third kappa shape index (κ3) is 49.1. The molecule has 0 aliphatic rings. The molecule has 402 valence electrons. The summed E-state index contributed by atoms with van der Waals surface area (Å²) in [4.78, 5) is 37.2. The summed E-state index contributed by atoms with van der Waals surface area (Å²) in [6, 6.07) is -0.724. The molecule has 0 aromatic rings. The lowest BCUT2D eigenvalue weighted by Crippen LogP contribution is -2.55. The number of nitrogens with zero attached hydrogens (tertiary/aromatic N) is 1. The van der Waals surface area contributed by atoms with Crippen LogP contribution < -0.4 is 5.11 Å². The van der Waals surface area contributed by atoms with Crippen LogP contribution in [0.4, 0.5) is 0 Å². The second-order valence-corrected chi connectivity index (χ2v) is 21.6. The van der Waals surface area contributed by atoms with Gasteiger partial charge in [0.1, 0.15) is 12.6 Å². The SMILES string of the molecule is CCCCCCCCCCCC/C=C/CCCCCCCCCC(=O)OC(COCCC(C(=O)[O-])[N+](C)(C)C)COC(=O)CCCCCCCCCCCCCCCCCCCCCCCCC. The van der Waals surface area contributed by atoms with Crippen LogP contribution in [0.3, 0.4) is 0 Å². The minimum absolute atomic E-state index is 0.0455. The van der Waals surface area contributed by atoms with Crippen molar-refractivity contribution >= 4 is 17.9 Å². The van der Waals surface area contributed by atoms with Gasteiger partial charge in [0.2, 0.25) is 0 Å². The number of carbonyl (C=O) groups is 3. The Morgan fingerprint density at radius 3 is 1.06 bits per heavy atom. The minimum Gasteiger partial charge on any atom is -0.544 e. The molecule has 0 rings (SSSR count). The van der Waals surface area contributed by atoms with E-state index in [9.17, 15) is 19.5 Å². The van der Waals surface area contributed by atoms with Crippen LogP contribution in [0, 0.1) is 0 Å². The third-order valence-corrected chi connectivity index (χ3v) is 13.9. The largest absolute Gasteiger partial charge is 0.544 e. The zero-order valence-corrected chi connectivity index (χ0v) is 46.1. The number of quaternary nitrogens is 1. The summed E-state index contributed by atoms with van der Waals surface area (Å²) in [6.45, 7) is 4.73. The van der Waals surface area contributed by atoms with Gasteiger partial charge in [0.15, 0.2) is 6.10 Å². The van der Waals surface area contributed by atoms with Gasteiger partial charge < -0.3 is 28.6 Å². The summed E-state index contributed by atoms with van der Waals surface area (Å²) in [5.74, 6) is -1.71. The molecule has 0 N–H and O–H groups in total. The number of allylic oxidation sites excluding steroid dienone is 2. The summed E-state index contributed by atoms with van der Waals surface area (Å²) in [5, 5.41) is 11.7. The van der Waals surface area contributed by atoms with E-state index < -0.39 is 18.1 Å². The van der Waals surface area contributed by atoms with E-state index in [1.807, 2.05) is 21.1 Å². The molecule has 2 unspecified atom stereocenters. The highest BCUT2D eigenvalue weighted by molar-refractivity contribution is 5.70. The lowest BCUT2D eigenvalue weighted by Gasteiger charge is -2.34. The number of carbonyl (C=O) groups excluding carboxylic acids is 3. The fraction of sp³-hybridized carbons (Fsp3) is 0.917. The smallest absolute Gasteiger partial charge is 0.306 e. The normalized spacial score (nSPS) is 12.8. The molecule has 0 bridgehead atoms. The fourth-order valence-electron chi connectivity index (χ4n) is 9.31. The van der Waals surface area contributed by atoms with Gasteiger partial charge in [0, 0.05) is 19.3 Å². The van der Waals surface area contributed by atoms with Crippen molar-refractivity contribution in [1.82, 2.24) is 0 Å². The van der Waals surface area contributed by atoms with Crippen LogP contribution in [0.1, 0.15) is 303 Å². The first-order valence-corrected chi connectivity index (χ1v) is 29.7. The number of ether oxygens (including phenoxy) is 3. The van der Waals surface area contributed by atoms with Crippen LogP contribution >= 0.6 is 0 Å². The molecular weight excluding hydrogens is 847 g/mol. The second-order valence-electron chi connectivity index (χ2n) is 21.6. The molecule has 0 aliphatic heterocycles. The summed E-state index contributed by atoms with van der Waals surface area (Å²) in [7, 11) is 5.44. The fourth-order valence-corrected chi connectivity index (χ4v) is 9.31. The highest BCUT2D eigenvalue weighted by atomic mass is 16.6. The van der Waals surface area contributed by atoms with Gasteiger partial charge in [0.05, 0.1) is 40.3 Å². The van der Waals surface area contributed by atoms with Crippen LogP contribution in [-0.4, -0.2) is 75.5 Å². The van der Waals surface area contributed by atoms with Crippen molar-refractivity contribution in [2.24, 2.45) is 0 Å². The van der Waals surface area contributed by atoms with Gasteiger partial charge in [-0.05, 0) is 38.5 Å². The van der Waals surface area contributed by atoms with Crippen LogP contribution in [0.5, 0.6) is 0 Å². The maximum absolute atomic E-state index is 12.8. The minimum atomic E-state index is -1.12. The van der Waals surface area contributed by atoms with E-state index in [0.717, 1.165) is 38.5 Å².